The summed E-state index contributed by atoms with van der Waals surface area (Å²) in [5.41, 5.74) is 1.96. The molecule has 7 heteroatoms. The Morgan fingerprint density at radius 1 is 0.893 bits per heavy atom. The first-order chi connectivity index (χ1) is 13.6. The highest BCUT2D eigenvalue weighted by molar-refractivity contribution is 5.41. The van der Waals surface area contributed by atoms with Gasteiger partial charge in [0.25, 0.3) is 0 Å². The molecule has 0 N–H and O–H groups in total. The first kappa shape index (κ1) is 18.6. The first-order valence-electron chi connectivity index (χ1n) is 10.2. The van der Waals surface area contributed by atoms with Crippen LogP contribution in [0.1, 0.15) is 42.8 Å². The van der Waals surface area contributed by atoms with Gasteiger partial charge in [-0.05, 0) is 56.9 Å². The quantitative estimate of drug-likeness (QED) is 0.813. The van der Waals surface area contributed by atoms with E-state index in [2.05, 4.69) is 35.8 Å². The Labute approximate surface area is 166 Å². The van der Waals surface area contributed by atoms with E-state index in [9.17, 15) is 0 Å². The second-order valence-corrected chi connectivity index (χ2v) is 8.01. The Morgan fingerprint density at radius 3 is 2.04 bits per heavy atom. The van der Waals surface area contributed by atoms with Crippen LogP contribution in [-0.4, -0.2) is 46.1 Å². The van der Waals surface area contributed by atoms with Crippen molar-refractivity contribution in [1.29, 1.82) is 5.26 Å². The van der Waals surface area contributed by atoms with Gasteiger partial charge in [-0.15, -0.1) is 0 Å². The van der Waals surface area contributed by atoms with Gasteiger partial charge in [0, 0.05) is 50.3 Å². The fourth-order valence-electron chi connectivity index (χ4n) is 4.48. The Kier molecular flexibility index (Phi) is 5.38. The molecule has 146 valence electrons. The highest BCUT2D eigenvalue weighted by Gasteiger charge is 2.30. The predicted molar refractivity (Wildman–Crippen MR) is 108 cm³/mol. The van der Waals surface area contributed by atoms with Crippen molar-refractivity contribution in [2.45, 2.75) is 39.5 Å². The molecule has 0 saturated carbocycles. The zero-order valence-electron chi connectivity index (χ0n) is 16.7. The third-order valence-corrected chi connectivity index (χ3v) is 6.06. The Balaban J connectivity index is 1.31. The third kappa shape index (κ3) is 4.06. The molecule has 28 heavy (non-hydrogen) atoms. The third-order valence-electron chi connectivity index (χ3n) is 6.06. The Hall–Kier alpha value is -2.75. The molecule has 0 atom stereocenters. The van der Waals surface area contributed by atoms with E-state index in [1.54, 1.807) is 0 Å². The van der Waals surface area contributed by atoms with Gasteiger partial charge in [-0.1, -0.05) is 0 Å². The average Bonchev–Trinajstić information content (AvgIpc) is 2.74. The molecule has 2 aromatic rings. The van der Waals surface area contributed by atoms with Crippen molar-refractivity contribution in [3.63, 3.8) is 0 Å². The van der Waals surface area contributed by atoms with Crippen LogP contribution in [0.15, 0.2) is 18.5 Å². The second kappa shape index (κ2) is 8.09. The number of hydrogen-bond donors (Lipinski definition) is 0. The van der Waals surface area contributed by atoms with Crippen LogP contribution in [-0.2, 0) is 0 Å². The van der Waals surface area contributed by atoms with E-state index in [0.29, 0.717) is 0 Å². The predicted octanol–water partition coefficient (Wildman–Crippen LogP) is 2.89. The highest BCUT2D eigenvalue weighted by Crippen LogP contribution is 2.34. The van der Waals surface area contributed by atoms with Crippen LogP contribution >= 0.6 is 0 Å². The SMILES string of the molecule is Cc1cnc(N2CCC(C3CCN(c4cc(C)nc(C#N)n4)CC3)CC2)nc1. The zero-order chi connectivity index (χ0) is 19.5. The standard InChI is InChI=1S/C21H27N7/c1-15-13-23-21(24-14-15)28-9-5-18(6-10-28)17-3-7-27(8-4-17)20-11-16(2)25-19(12-22)26-20/h11,13-14,17-18H,3-10H2,1-2H3. The van der Waals surface area contributed by atoms with E-state index in [-0.39, 0.29) is 5.82 Å². The Bertz CT molecular complexity index is 842. The van der Waals surface area contributed by atoms with Crippen molar-refractivity contribution in [3.05, 3.63) is 35.5 Å². The Morgan fingerprint density at radius 2 is 1.46 bits per heavy atom. The van der Waals surface area contributed by atoms with Gasteiger partial charge in [0.1, 0.15) is 11.9 Å². The number of nitriles is 1. The summed E-state index contributed by atoms with van der Waals surface area (Å²) in [6, 6.07) is 4.05. The molecule has 2 aliphatic rings. The number of anilines is 2. The van der Waals surface area contributed by atoms with Crippen molar-refractivity contribution in [2.75, 3.05) is 36.0 Å². The lowest BCUT2D eigenvalue weighted by molar-refractivity contribution is 0.232. The maximum absolute atomic E-state index is 9.11. The van der Waals surface area contributed by atoms with Gasteiger partial charge in [0.2, 0.25) is 11.8 Å². The highest BCUT2D eigenvalue weighted by atomic mass is 15.2. The molecule has 0 unspecified atom stereocenters. The van der Waals surface area contributed by atoms with Gasteiger partial charge in [-0.2, -0.15) is 5.26 Å². The first-order valence-corrected chi connectivity index (χ1v) is 10.2. The lowest BCUT2D eigenvalue weighted by Crippen LogP contribution is -2.41. The number of piperidine rings is 2. The lowest BCUT2D eigenvalue weighted by Gasteiger charge is -2.40. The van der Waals surface area contributed by atoms with Crippen molar-refractivity contribution < 1.29 is 0 Å². The van der Waals surface area contributed by atoms with Crippen LogP contribution in [0.4, 0.5) is 11.8 Å². The van der Waals surface area contributed by atoms with E-state index in [4.69, 9.17) is 5.26 Å². The van der Waals surface area contributed by atoms with Gasteiger partial charge < -0.3 is 9.80 Å². The van der Waals surface area contributed by atoms with Gasteiger partial charge in [0.05, 0.1) is 0 Å². The minimum Gasteiger partial charge on any atom is -0.356 e. The van der Waals surface area contributed by atoms with E-state index >= 15 is 0 Å². The van der Waals surface area contributed by atoms with E-state index in [1.165, 1.54) is 25.7 Å². The smallest absolute Gasteiger partial charge is 0.234 e. The molecule has 7 nitrogen and oxygen atoms in total. The van der Waals surface area contributed by atoms with Crippen LogP contribution in [0.5, 0.6) is 0 Å². The van der Waals surface area contributed by atoms with Gasteiger partial charge in [-0.3, -0.25) is 0 Å². The summed E-state index contributed by atoms with van der Waals surface area (Å²) in [4.78, 5) is 22.1. The summed E-state index contributed by atoms with van der Waals surface area (Å²) in [7, 11) is 0. The summed E-state index contributed by atoms with van der Waals surface area (Å²) in [5.74, 6) is 3.59. The molecule has 0 spiro atoms. The fourth-order valence-corrected chi connectivity index (χ4v) is 4.48. The lowest BCUT2D eigenvalue weighted by atomic mass is 9.79. The maximum Gasteiger partial charge on any atom is 0.234 e. The average molecular weight is 377 g/mol. The minimum atomic E-state index is 0.267. The molecule has 0 amide bonds. The second-order valence-electron chi connectivity index (χ2n) is 8.01. The van der Waals surface area contributed by atoms with Crippen molar-refractivity contribution in [1.82, 2.24) is 19.9 Å². The molecule has 2 fully saturated rings. The molecule has 2 saturated heterocycles. The molecular formula is C21H27N7. The summed E-state index contributed by atoms with van der Waals surface area (Å²) < 4.78 is 0. The molecule has 0 radical (unpaired) electrons. The van der Waals surface area contributed by atoms with E-state index in [1.807, 2.05) is 32.3 Å². The summed E-state index contributed by atoms with van der Waals surface area (Å²) in [6.45, 7) is 8.05. The van der Waals surface area contributed by atoms with Crippen molar-refractivity contribution in [2.24, 2.45) is 11.8 Å². The van der Waals surface area contributed by atoms with Gasteiger partial charge in [0.15, 0.2) is 0 Å². The zero-order valence-corrected chi connectivity index (χ0v) is 16.7. The number of hydrogen-bond acceptors (Lipinski definition) is 7. The number of aryl methyl sites for hydroxylation is 2. The summed E-state index contributed by atoms with van der Waals surface area (Å²) in [6.07, 6.45) is 8.61. The minimum absolute atomic E-state index is 0.267. The van der Waals surface area contributed by atoms with E-state index < -0.39 is 0 Å². The van der Waals surface area contributed by atoms with Crippen LogP contribution in [0.2, 0.25) is 0 Å². The number of nitrogens with zero attached hydrogens (tertiary/aromatic N) is 7. The van der Waals surface area contributed by atoms with Gasteiger partial charge >= 0.3 is 0 Å². The molecule has 2 aromatic heterocycles. The van der Waals surface area contributed by atoms with Crippen molar-refractivity contribution >= 4 is 11.8 Å². The van der Waals surface area contributed by atoms with E-state index in [0.717, 1.165) is 61.0 Å². The molecule has 4 heterocycles. The fraction of sp³-hybridized carbons (Fsp3) is 0.571. The summed E-state index contributed by atoms with van der Waals surface area (Å²) in [5, 5.41) is 9.11. The molecule has 2 aliphatic heterocycles. The van der Waals surface area contributed by atoms with Crippen molar-refractivity contribution in [3.8, 4) is 6.07 Å². The molecule has 4 rings (SSSR count). The number of rotatable bonds is 3. The number of aromatic nitrogens is 4. The maximum atomic E-state index is 9.11. The topological polar surface area (TPSA) is 81.8 Å². The molecule has 0 aliphatic carbocycles. The molecule has 0 bridgehead atoms. The molecule has 0 aromatic carbocycles. The van der Waals surface area contributed by atoms with Crippen LogP contribution < -0.4 is 9.80 Å². The summed E-state index contributed by atoms with van der Waals surface area (Å²) >= 11 is 0. The van der Waals surface area contributed by atoms with Gasteiger partial charge in [-0.25, -0.2) is 19.9 Å². The van der Waals surface area contributed by atoms with Crippen LogP contribution in [0, 0.1) is 37.0 Å². The largest absolute Gasteiger partial charge is 0.356 e. The molecular weight excluding hydrogens is 350 g/mol. The normalized spacial score (nSPS) is 18.9. The van der Waals surface area contributed by atoms with Crippen LogP contribution in [0.3, 0.4) is 0 Å². The van der Waals surface area contributed by atoms with Crippen LogP contribution in [0.25, 0.3) is 0 Å². The monoisotopic (exact) mass is 377 g/mol.